The molecule has 0 atom stereocenters. The van der Waals surface area contributed by atoms with Gasteiger partial charge < -0.3 is 10.5 Å². The average molecular weight is 287 g/mol. The van der Waals surface area contributed by atoms with E-state index in [9.17, 15) is 13.2 Å². The number of hydrogen-bond acceptors (Lipinski definition) is 3. The lowest BCUT2D eigenvalue weighted by Gasteiger charge is -2.13. The molecule has 0 saturated carbocycles. The number of thiophene rings is 1. The lowest BCUT2D eigenvalue weighted by Crippen LogP contribution is -2.12. The summed E-state index contributed by atoms with van der Waals surface area (Å²) < 4.78 is 43.8. The predicted molar refractivity (Wildman–Crippen MR) is 68.0 cm³/mol. The maximum absolute atomic E-state index is 12.8. The fourth-order valence-corrected chi connectivity index (χ4v) is 2.25. The van der Waals surface area contributed by atoms with Crippen molar-refractivity contribution in [1.82, 2.24) is 0 Å². The van der Waals surface area contributed by atoms with Crippen molar-refractivity contribution >= 4 is 11.3 Å². The minimum Gasteiger partial charge on any atom is -0.488 e. The van der Waals surface area contributed by atoms with Gasteiger partial charge in [0.2, 0.25) is 0 Å². The Balaban J connectivity index is 2.18. The molecule has 0 aliphatic carbocycles. The summed E-state index contributed by atoms with van der Waals surface area (Å²) in [4.78, 5) is 0.955. The van der Waals surface area contributed by atoms with Gasteiger partial charge in [0, 0.05) is 11.4 Å². The zero-order chi connectivity index (χ0) is 13.9. The van der Waals surface area contributed by atoms with Gasteiger partial charge in [0.05, 0.1) is 5.56 Å². The van der Waals surface area contributed by atoms with Crippen LogP contribution >= 0.6 is 11.3 Å². The minimum absolute atomic E-state index is 0.0657. The molecule has 2 aromatic rings. The molecule has 0 aliphatic heterocycles. The molecule has 0 aliphatic rings. The predicted octanol–water partition coefficient (Wildman–Crippen LogP) is 3.80. The van der Waals surface area contributed by atoms with Gasteiger partial charge in [-0.3, -0.25) is 0 Å². The molecule has 6 heteroatoms. The molecule has 1 heterocycles. The first-order chi connectivity index (χ1) is 9.00. The molecular formula is C13H12F3NOS. The Bertz CT molecular complexity index is 537. The van der Waals surface area contributed by atoms with Crippen molar-refractivity contribution in [3.05, 3.63) is 51.7 Å². The van der Waals surface area contributed by atoms with Crippen molar-refractivity contribution in [3.8, 4) is 5.75 Å². The van der Waals surface area contributed by atoms with Crippen LogP contribution in [0.25, 0.3) is 0 Å². The molecule has 0 unspecified atom stereocenters. The van der Waals surface area contributed by atoms with Gasteiger partial charge in [-0.2, -0.15) is 13.2 Å². The lowest BCUT2D eigenvalue weighted by atomic mass is 10.1. The lowest BCUT2D eigenvalue weighted by molar-refractivity contribution is -0.138. The largest absolute Gasteiger partial charge is 0.488 e. The van der Waals surface area contributed by atoms with Crippen LogP contribution in [0.4, 0.5) is 13.2 Å². The fraction of sp³-hybridized carbons (Fsp3) is 0.231. The molecule has 1 aromatic carbocycles. The van der Waals surface area contributed by atoms with Gasteiger partial charge in [0.25, 0.3) is 0 Å². The third-order valence-corrected chi connectivity index (χ3v) is 3.42. The van der Waals surface area contributed by atoms with Crippen LogP contribution in [-0.2, 0) is 19.3 Å². The summed E-state index contributed by atoms with van der Waals surface area (Å²) in [5.74, 6) is 0.193. The average Bonchev–Trinajstić information content (AvgIpc) is 2.88. The van der Waals surface area contributed by atoms with Crippen LogP contribution in [0.3, 0.4) is 0 Å². The zero-order valence-electron chi connectivity index (χ0n) is 9.91. The van der Waals surface area contributed by atoms with Crippen molar-refractivity contribution in [2.24, 2.45) is 5.73 Å². The second-order valence-electron chi connectivity index (χ2n) is 3.89. The first-order valence-electron chi connectivity index (χ1n) is 5.56. The molecule has 0 saturated heterocycles. The van der Waals surface area contributed by atoms with E-state index < -0.39 is 11.7 Å². The molecule has 19 heavy (non-hydrogen) atoms. The molecule has 0 bridgehead atoms. The first kappa shape index (κ1) is 13.9. The molecule has 2 nitrogen and oxygen atoms in total. The van der Waals surface area contributed by atoms with E-state index in [4.69, 9.17) is 10.5 Å². The van der Waals surface area contributed by atoms with E-state index in [1.54, 1.807) is 0 Å². The highest BCUT2D eigenvalue weighted by atomic mass is 32.1. The van der Waals surface area contributed by atoms with Gasteiger partial charge in [-0.05, 0) is 29.1 Å². The van der Waals surface area contributed by atoms with Crippen LogP contribution in [-0.4, -0.2) is 0 Å². The van der Waals surface area contributed by atoms with Gasteiger partial charge >= 0.3 is 6.18 Å². The SMILES string of the molecule is NCc1ccc(OCc2cccs2)cc1C(F)(F)F. The number of benzene rings is 1. The quantitative estimate of drug-likeness (QED) is 0.928. The number of nitrogens with two attached hydrogens (primary N) is 1. The number of alkyl halides is 3. The molecule has 0 spiro atoms. The summed E-state index contributed by atoms with van der Waals surface area (Å²) in [7, 11) is 0. The third kappa shape index (κ3) is 3.48. The highest BCUT2D eigenvalue weighted by Crippen LogP contribution is 2.34. The summed E-state index contributed by atoms with van der Waals surface area (Å²) >= 11 is 1.49. The molecule has 1 aromatic heterocycles. The van der Waals surface area contributed by atoms with Crippen LogP contribution in [0.15, 0.2) is 35.7 Å². The highest BCUT2D eigenvalue weighted by molar-refractivity contribution is 7.09. The van der Waals surface area contributed by atoms with E-state index in [0.29, 0.717) is 0 Å². The zero-order valence-corrected chi connectivity index (χ0v) is 10.7. The smallest absolute Gasteiger partial charge is 0.416 e. The monoisotopic (exact) mass is 287 g/mol. The second-order valence-corrected chi connectivity index (χ2v) is 4.92. The summed E-state index contributed by atoms with van der Waals surface area (Å²) in [5, 5.41) is 1.89. The highest BCUT2D eigenvalue weighted by Gasteiger charge is 2.33. The Hall–Kier alpha value is -1.53. The maximum Gasteiger partial charge on any atom is 0.416 e. The summed E-state index contributed by atoms with van der Waals surface area (Å²) in [6.45, 7) is 0.108. The van der Waals surface area contributed by atoms with Crippen LogP contribution < -0.4 is 10.5 Å². The van der Waals surface area contributed by atoms with E-state index in [-0.39, 0.29) is 24.5 Å². The van der Waals surface area contributed by atoms with Crippen molar-refractivity contribution < 1.29 is 17.9 Å². The molecule has 0 radical (unpaired) electrons. The molecule has 0 fully saturated rings. The Labute approximate surface area is 112 Å². The van der Waals surface area contributed by atoms with Crippen molar-refractivity contribution in [3.63, 3.8) is 0 Å². The Morgan fingerprint density at radius 1 is 1.21 bits per heavy atom. The van der Waals surface area contributed by atoms with Gasteiger partial charge in [0.1, 0.15) is 12.4 Å². The van der Waals surface area contributed by atoms with E-state index in [1.807, 2.05) is 17.5 Å². The van der Waals surface area contributed by atoms with Crippen LogP contribution in [0.2, 0.25) is 0 Å². The van der Waals surface area contributed by atoms with Gasteiger partial charge in [0.15, 0.2) is 0 Å². The maximum atomic E-state index is 12.8. The van der Waals surface area contributed by atoms with Gasteiger partial charge in [-0.25, -0.2) is 0 Å². The standard InChI is InChI=1S/C13H12F3NOS/c14-13(15,16)12-6-10(4-3-9(12)7-17)18-8-11-2-1-5-19-11/h1-6H,7-8,17H2. The minimum atomic E-state index is -4.42. The van der Waals surface area contributed by atoms with E-state index in [1.165, 1.54) is 23.5 Å². The normalized spacial score (nSPS) is 11.6. The molecular weight excluding hydrogens is 275 g/mol. The van der Waals surface area contributed by atoms with Gasteiger partial charge in [-0.1, -0.05) is 12.1 Å². The van der Waals surface area contributed by atoms with Crippen LogP contribution in [0.1, 0.15) is 16.0 Å². The Kier molecular flexibility index (Phi) is 4.11. The number of hydrogen-bond donors (Lipinski definition) is 1. The first-order valence-corrected chi connectivity index (χ1v) is 6.44. The summed E-state index contributed by atoms with van der Waals surface area (Å²) in [6.07, 6.45) is -4.42. The fourth-order valence-electron chi connectivity index (χ4n) is 1.64. The van der Waals surface area contributed by atoms with Crippen molar-refractivity contribution in [1.29, 1.82) is 0 Å². The number of rotatable bonds is 4. The van der Waals surface area contributed by atoms with Crippen molar-refractivity contribution in [2.75, 3.05) is 0 Å². The van der Waals surface area contributed by atoms with Crippen LogP contribution in [0.5, 0.6) is 5.75 Å². The number of halogens is 3. The summed E-state index contributed by atoms with van der Waals surface area (Å²) in [6, 6.07) is 7.58. The van der Waals surface area contributed by atoms with E-state index in [2.05, 4.69) is 0 Å². The molecule has 102 valence electrons. The summed E-state index contributed by atoms with van der Waals surface area (Å²) in [5.41, 5.74) is 4.64. The second kappa shape index (κ2) is 5.63. The van der Waals surface area contributed by atoms with E-state index >= 15 is 0 Å². The Morgan fingerprint density at radius 3 is 2.58 bits per heavy atom. The van der Waals surface area contributed by atoms with Crippen molar-refractivity contribution in [2.45, 2.75) is 19.3 Å². The van der Waals surface area contributed by atoms with E-state index in [0.717, 1.165) is 10.9 Å². The topological polar surface area (TPSA) is 35.2 Å². The van der Waals surface area contributed by atoms with Crippen LogP contribution in [0, 0.1) is 0 Å². The number of ether oxygens (including phenoxy) is 1. The molecule has 2 rings (SSSR count). The molecule has 2 N–H and O–H groups in total. The third-order valence-electron chi connectivity index (χ3n) is 2.57. The van der Waals surface area contributed by atoms with Gasteiger partial charge in [-0.15, -0.1) is 11.3 Å². The Morgan fingerprint density at radius 2 is 2.00 bits per heavy atom. The molecule has 0 amide bonds.